The van der Waals surface area contributed by atoms with E-state index < -0.39 is 0 Å². The van der Waals surface area contributed by atoms with Crippen LogP contribution in [0.3, 0.4) is 0 Å². The van der Waals surface area contributed by atoms with E-state index in [0.717, 1.165) is 89.9 Å². The second kappa shape index (κ2) is 43.2. The van der Waals surface area contributed by atoms with Crippen molar-refractivity contribution in [3.8, 4) is 0 Å². The van der Waals surface area contributed by atoms with E-state index in [1.165, 1.54) is 0 Å². The van der Waals surface area contributed by atoms with E-state index >= 15 is 0 Å². The molecule has 290 valence electrons. The normalized spacial score (nSPS) is 12.9. The Morgan fingerprint density at radius 1 is 0.365 bits per heavy atom. The zero-order chi connectivity index (χ0) is 38.6. The van der Waals surface area contributed by atoms with E-state index in [1.54, 1.807) is 0 Å². The number of esters is 2. The first kappa shape index (κ1) is 50.2. The van der Waals surface area contributed by atoms with Crippen molar-refractivity contribution >= 4 is 11.9 Å². The van der Waals surface area contributed by atoms with Crippen molar-refractivity contribution in [2.24, 2.45) is 0 Å². The van der Waals surface area contributed by atoms with Crippen LogP contribution in [0.1, 0.15) is 144 Å². The van der Waals surface area contributed by atoms with Gasteiger partial charge in [-0.25, -0.2) is 0 Å². The predicted octanol–water partition coefficient (Wildman–Crippen LogP) is 14.3. The maximum atomic E-state index is 11.3. The van der Waals surface area contributed by atoms with E-state index in [-0.39, 0.29) is 24.1 Å². The number of hydrogen-bond acceptors (Lipinski definition) is 4. The summed E-state index contributed by atoms with van der Waals surface area (Å²) in [5, 5.41) is 0. The quantitative estimate of drug-likeness (QED) is 0.0440. The van der Waals surface area contributed by atoms with E-state index in [2.05, 4.69) is 141 Å². The third-order valence-electron chi connectivity index (χ3n) is 6.76. The summed E-state index contributed by atoms with van der Waals surface area (Å²) >= 11 is 0. The Morgan fingerprint density at radius 3 is 0.904 bits per heavy atom. The first-order chi connectivity index (χ1) is 25.3. The molecule has 0 atom stereocenters. The fourth-order valence-electron chi connectivity index (χ4n) is 4.22. The lowest BCUT2D eigenvalue weighted by Crippen LogP contribution is -2.10. The van der Waals surface area contributed by atoms with Crippen LogP contribution in [0, 0.1) is 0 Å². The average Bonchev–Trinajstić information content (AvgIpc) is 3.10. The molecule has 0 aliphatic carbocycles. The summed E-state index contributed by atoms with van der Waals surface area (Å²) < 4.78 is 10.2. The first-order valence-corrected chi connectivity index (χ1v) is 19.9. The van der Waals surface area contributed by atoms with Gasteiger partial charge in [0.25, 0.3) is 0 Å². The minimum absolute atomic E-state index is 0.0128. The zero-order valence-corrected chi connectivity index (χ0v) is 33.8. The topological polar surface area (TPSA) is 52.6 Å². The van der Waals surface area contributed by atoms with Crippen molar-refractivity contribution in [1.29, 1.82) is 0 Å². The predicted molar refractivity (Wildman–Crippen MR) is 228 cm³/mol. The van der Waals surface area contributed by atoms with E-state index in [4.69, 9.17) is 9.47 Å². The second-order valence-electron chi connectivity index (χ2n) is 12.6. The van der Waals surface area contributed by atoms with Crippen LogP contribution >= 0.6 is 0 Å². The molecule has 0 unspecified atom stereocenters. The number of allylic oxidation sites excluding steroid dienone is 22. The largest absolute Gasteiger partial charge is 0.463 e. The van der Waals surface area contributed by atoms with Crippen LogP contribution in [0.15, 0.2) is 134 Å². The maximum absolute atomic E-state index is 11.3. The molecule has 0 N–H and O–H groups in total. The Labute approximate surface area is 320 Å². The number of ether oxygens (including phenoxy) is 2. The standard InChI is InChI=1S/C25H38O2.C23H36O2/c1-4-5-6-7-8-9-10-11-12-13-14-15-16-17-18-19-20-21-22-23-25(26)27-24(2)3;1-4-5-6-7-8-9-10-11-12-13-14-15-16-17-18-19-20-21-23(24)25-22(2)3/h5-6,8-9,11-12,14-15,17-18,20-21,24H,4,7,10,13,16,19,22-23H2,1-3H3;5-6,8-9,11-12,14-15,17-18,22H,4,7,10,13,16,19-21H2,1-3H3/b6-5-,9-8-,12-11-,15-14-,18-17-,21-20-;6-5-,9-8-,12-11-,15-14-,18-17-. The first-order valence-electron chi connectivity index (χ1n) is 19.9. The van der Waals surface area contributed by atoms with Crippen LogP contribution < -0.4 is 0 Å². The molecule has 0 aliphatic heterocycles. The van der Waals surface area contributed by atoms with Crippen molar-refractivity contribution in [2.75, 3.05) is 0 Å². The molecule has 0 heterocycles. The van der Waals surface area contributed by atoms with Gasteiger partial charge in [-0.3, -0.25) is 9.59 Å². The average molecular weight is 715 g/mol. The van der Waals surface area contributed by atoms with Gasteiger partial charge in [0.15, 0.2) is 0 Å². The number of rotatable bonds is 29. The molecule has 52 heavy (non-hydrogen) atoms. The molecule has 0 bridgehead atoms. The van der Waals surface area contributed by atoms with Crippen molar-refractivity contribution in [2.45, 2.75) is 156 Å². The van der Waals surface area contributed by atoms with E-state index in [9.17, 15) is 9.59 Å². The molecule has 0 aromatic carbocycles. The van der Waals surface area contributed by atoms with Gasteiger partial charge in [-0.05, 0) is 118 Å². The fraction of sp³-hybridized carbons (Fsp3) is 0.500. The van der Waals surface area contributed by atoms with Crippen molar-refractivity contribution in [1.82, 2.24) is 0 Å². The number of carbonyl (C=O) groups is 2. The van der Waals surface area contributed by atoms with Gasteiger partial charge in [-0.1, -0.05) is 148 Å². The lowest BCUT2D eigenvalue weighted by molar-refractivity contribution is -0.148. The molecule has 0 saturated carbocycles. The Morgan fingerprint density at radius 2 is 0.615 bits per heavy atom. The fourth-order valence-corrected chi connectivity index (χ4v) is 4.22. The van der Waals surface area contributed by atoms with Crippen molar-refractivity contribution in [3.05, 3.63) is 134 Å². The molecule has 0 aromatic heterocycles. The van der Waals surface area contributed by atoms with Gasteiger partial charge in [-0.2, -0.15) is 0 Å². The third kappa shape index (κ3) is 48.2. The molecule has 0 radical (unpaired) electrons. The molecular formula is C48H74O4. The van der Waals surface area contributed by atoms with Crippen LogP contribution in [0.25, 0.3) is 0 Å². The minimum atomic E-state index is -0.121. The molecule has 0 aliphatic rings. The van der Waals surface area contributed by atoms with Gasteiger partial charge in [0.1, 0.15) is 0 Å². The summed E-state index contributed by atoms with van der Waals surface area (Å²) in [6.45, 7) is 11.8. The summed E-state index contributed by atoms with van der Waals surface area (Å²) in [6, 6.07) is 0. The lowest BCUT2D eigenvalue weighted by Gasteiger charge is -2.06. The summed E-state index contributed by atoms with van der Waals surface area (Å²) in [7, 11) is 0. The lowest BCUT2D eigenvalue weighted by atomic mass is 10.2. The molecular weight excluding hydrogens is 641 g/mol. The van der Waals surface area contributed by atoms with Crippen LogP contribution in [0.2, 0.25) is 0 Å². The van der Waals surface area contributed by atoms with Crippen LogP contribution in [-0.2, 0) is 19.1 Å². The molecule has 0 aromatic rings. The van der Waals surface area contributed by atoms with Gasteiger partial charge in [0, 0.05) is 12.8 Å². The van der Waals surface area contributed by atoms with Crippen LogP contribution in [0.4, 0.5) is 0 Å². The maximum Gasteiger partial charge on any atom is 0.306 e. The Kier molecular flexibility index (Phi) is 41.7. The summed E-state index contributed by atoms with van der Waals surface area (Å²) in [6.07, 6.45) is 62.6. The van der Waals surface area contributed by atoms with Crippen molar-refractivity contribution in [3.63, 3.8) is 0 Å². The Balaban J connectivity index is 0. The number of carbonyl (C=O) groups excluding carboxylic acids is 2. The van der Waals surface area contributed by atoms with Gasteiger partial charge in [-0.15, -0.1) is 0 Å². The number of unbranched alkanes of at least 4 members (excludes halogenated alkanes) is 1. The van der Waals surface area contributed by atoms with Gasteiger partial charge >= 0.3 is 11.9 Å². The molecule has 4 heteroatoms. The third-order valence-corrected chi connectivity index (χ3v) is 6.76. The smallest absolute Gasteiger partial charge is 0.306 e. The van der Waals surface area contributed by atoms with Gasteiger partial charge in [0.2, 0.25) is 0 Å². The summed E-state index contributed by atoms with van der Waals surface area (Å²) in [5.41, 5.74) is 0. The second-order valence-corrected chi connectivity index (χ2v) is 12.6. The van der Waals surface area contributed by atoms with Gasteiger partial charge < -0.3 is 9.47 Å². The summed E-state index contributed by atoms with van der Waals surface area (Å²) in [4.78, 5) is 22.7. The Bertz CT molecular complexity index is 1150. The molecule has 0 rings (SSSR count). The minimum Gasteiger partial charge on any atom is -0.463 e. The highest BCUT2D eigenvalue weighted by Crippen LogP contribution is 2.03. The van der Waals surface area contributed by atoms with E-state index in [0.29, 0.717) is 12.8 Å². The Hall–Kier alpha value is -3.92. The highest BCUT2D eigenvalue weighted by Gasteiger charge is 2.04. The van der Waals surface area contributed by atoms with Gasteiger partial charge in [0.05, 0.1) is 12.2 Å². The molecule has 0 amide bonds. The SMILES string of the molecule is CC/C=C\C/C=C\C/C=C\C/C=C\C/C=C\C/C=C\CCC(=O)OC(C)C.CC/C=C\C/C=C\C/C=C\C/C=C\C/C=C\CCCC(=O)OC(C)C. The molecule has 4 nitrogen and oxygen atoms in total. The molecule has 0 fully saturated rings. The highest BCUT2D eigenvalue weighted by atomic mass is 16.5. The number of hydrogen-bond donors (Lipinski definition) is 0. The van der Waals surface area contributed by atoms with E-state index in [1.807, 2.05) is 33.8 Å². The monoisotopic (exact) mass is 715 g/mol. The zero-order valence-electron chi connectivity index (χ0n) is 33.8. The van der Waals surface area contributed by atoms with Crippen molar-refractivity contribution < 1.29 is 19.1 Å². The van der Waals surface area contributed by atoms with Crippen LogP contribution in [0.5, 0.6) is 0 Å². The van der Waals surface area contributed by atoms with Crippen LogP contribution in [-0.4, -0.2) is 24.1 Å². The molecule has 0 saturated heterocycles. The summed E-state index contributed by atoms with van der Waals surface area (Å²) in [5.74, 6) is -0.216. The highest BCUT2D eigenvalue weighted by molar-refractivity contribution is 5.69. The molecule has 0 spiro atoms.